The molecule has 3 amide bonds. The van der Waals surface area contributed by atoms with Crippen molar-refractivity contribution in [2.45, 2.75) is 25.4 Å². The number of ether oxygens (including phenoxy) is 1. The van der Waals surface area contributed by atoms with E-state index in [0.717, 1.165) is 49.9 Å². The SMILES string of the molecule is CN1CCN(CCC[C@@H](COC(=O)Nc2cc3ccccc3cn2)N(C)C(=O)NCc2cccc(F)c2Cl)CC1. The average molecular weight is 571 g/mol. The number of nitrogens with one attached hydrogen (secondary N) is 2. The van der Waals surface area contributed by atoms with Crippen molar-refractivity contribution in [3.63, 3.8) is 0 Å². The summed E-state index contributed by atoms with van der Waals surface area (Å²) in [5.74, 6) is -0.155. The van der Waals surface area contributed by atoms with E-state index in [-0.39, 0.29) is 30.2 Å². The summed E-state index contributed by atoms with van der Waals surface area (Å²) in [4.78, 5) is 36.1. The van der Waals surface area contributed by atoms with Crippen LogP contribution >= 0.6 is 11.6 Å². The number of fused-ring (bicyclic) bond motifs is 1. The summed E-state index contributed by atoms with van der Waals surface area (Å²) in [6.45, 7) is 5.04. The van der Waals surface area contributed by atoms with E-state index >= 15 is 0 Å². The second kappa shape index (κ2) is 14.2. The smallest absolute Gasteiger partial charge is 0.412 e. The molecule has 0 unspecified atom stereocenters. The molecule has 1 saturated heterocycles. The fourth-order valence-electron chi connectivity index (χ4n) is 4.62. The van der Waals surface area contributed by atoms with Gasteiger partial charge in [0.05, 0.1) is 11.1 Å². The quantitative estimate of drug-likeness (QED) is 0.363. The van der Waals surface area contributed by atoms with Crippen LogP contribution in [0.15, 0.2) is 54.7 Å². The Kier molecular flexibility index (Phi) is 10.5. The summed E-state index contributed by atoms with van der Waals surface area (Å²) < 4.78 is 19.3. The fourth-order valence-corrected chi connectivity index (χ4v) is 4.81. The number of piperazine rings is 1. The van der Waals surface area contributed by atoms with Gasteiger partial charge in [-0.1, -0.05) is 48.0 Å². The normalized spacial score (nSPS) is 15.0. The number of pyridine rings is 1. The van der Waals surface area contributed by atoms with Crippen molar-refractivity contribution in [2.75, 3.05) is 58.7 Å². The Morgan fingerprint density at radius 3 is 2.65 bits per heavy atom. The summed E-state index contributed by atoms with van der Waals surface area (Å²) in [6, 6.07) is 13.2. The average Bonchev–Trinajstić information content (AvgIpc) is 2.96. The van der Waals surface area contributed by atoms with Crippen molar-refractivity contribution in [3.8, 4) is 0 Å². The summed E-state index contributed by atoms with van der Waals surface area (Å²) >= 11 is 6.04. The lowest BCUT2D eigenvalue weighted by molar-refractivity contribution is 0.108. The van der Waals surface area contributed by atoms with Crippen LogP contribution in [0.1, 0.15) is 18.4 Å². The molecule has 9 nitrogen and oxygen atoms in total. The van der Waals surface area contributed by atoms with Crippen LogP contribution in [0.5, 0.6) is 0 Å². The number of anilines is 1. The molecule has 4 rings (SSSR count). The van der Waals surface area contributed by atoms with Gasteiger partial charge in [0.1, 0.15) is 18.2 Å². The van der Waals surface area contributed by atoms with Gasteiger partial charge in [-0.2, -0.15) is 0 Å². The Hall–Kier alpha value is -3.47. The van der Waals surface area contributed by atoms with Crippen molar-refractivity contribution in [2.24, 2.45) is 0 Å². The van der Waals surface area contributed by atoms with E-state index < -0.39 is 11.9 Å². The number of likely N-dealkylation sites (N-methyl/N-ethyl adjacent to an activating group) is 2. The lowest BCUT2D eigenvalue weighted by atomic mass is 10.1. The maximum absolute atomic E-state index is 13.8. The molecule has 1 aliphatic rings. The third-order valence-electron chi connectivity index (χ3n) is 7.21. The highest BCUT2D eigenvalue weighted by molar-refractivity contribution is 6.31. The molecule has 3 aromatic rings. The number of aromatic nitrogens is 1. The number of urea groups is 1. The van der Waals surface area contributed by atoms with Gasteiger partial charge in [0.2, 0.25) is 0 Å². The lowest BCUT2D eigenvalue weighted by Gasteiger charge is -2.33. The first kappa shape index (κ1) is 29.5. The van der Waals surface area contributed by atoms with Crippen molar-refractivity contribution >= 4 is 40.3 Å². The third-order valence-corrected chi connectivity index (χ3v) is 7.63. The highest BCUT2D eigenvalue weighted by Crippen LogP contribution is 2.20. The van der Waals surface area contributed by atoms with Gasteiger partial charge in [-0.25, -0.2) is 19.0 Å². The van der Waals surface area contributed by atoms with Gasteiger partial charge in [-0.05, 0) is 49.5 Å². The van der Waals surface area contributed by atoms with E-state index in [1.54, 1.807) is 31.4 Å². The second-order valence-corrected chi connectivity index (χ2v) is 10.4. The first-order chi connectivity index (χ1) is 19.3. The van der Waals surface area contributed by atoms with E-state index in [4.69, 9.17) is 16.3 Å². The molecule has 0 radical (unpaired) electrons. The Bertz CT molecular complexity index is 1300. The van der Waals surface area contributed by atoms with Crippen LogP contribution in [0.4, 0.5) is 19.8 Å². The molecule has 2 N–H and O–H groups in total. The van der Waals surface area contributed by atoms with Crippen LogP contribution in [-0.2, 0) is 11.3 Å². The van der Waals surface area contributed by atoms with Crippen LogP contribution in [0.2, 0.25) is 5.02 Å². The lowest BCUT2D eigenvalue weighted by Crippen LogP contribution is -2.47. The minimum Gasteiger partial charge on any atom is -0.447 e. The number of amides is 3. The minimum atomic E-state index is -0.646. The largest absolute Gasteiger partial charge is 0.447 e. The van der Waals surface area contributed by atoms with E-state index in [2.05, 4.69) is 32.5 Å². The first-order valence-corrected chi connectivity index (χ1v) is 13.8. The maximum atomic E-state index is 13.8. The molecular formula is C29H36ClFN6O3. The molecule has 0 spiro atoms. The Morgan fingerprint density at radius 1 is 1.12 bits per heavy atom. The molecule has 1 atom stereocenters. The molecule has 0 saturated carbocycles. The number of nitrogens with zero attached hydrogens (tertiary/aromatic N) is 4. The monoisotopic (exact) mass is 570 g/mol. The predicted molar refractivity (Wildman–Crippen MR) is 155 cm³/mol. The molecule has 2 heterocycles. The summed E-state index contributed by atoms with van der Waals surface area (Å²) in [5, 5.41) is 7.36. The Labute approximate surface area is 239 Å². The third kappa shape index (κ3) is 8.27. The zero-order valence-electron chi connectivity index (χ0n) is 22.9. The van der Waals surface area contributed by atoms with Gasteiger partial charge in [-0.15, -0.1) is 0 Å². The van der Waals surface area contributed by atoms with Gasteiger partial charge in [0.25, 0.3) is 0 Å². The van der Waals surface area contributed by atoms with E-state index in [1.165, 1.54) is 11.0 Å². The first-order valence-electron chi connectivity index (χ1n) is 13.4. The highest BCUT2D eigenvalue weighted by Gasteiger charge is 2.23. The zero-order chi connectivity index (χ0) is 28.5. The van der Waals surface area contributed by atoms with Crippen LogP contribution in [0, 0.1) is 5.82 Å². The van der Waals surface area contributed by atoms with E-state index in [9.17, 15) is 14.0 Å². The Balaban J connectivity index is 1.34. The molecule has 2 aromatic carbocycles. The molecule has 0 aliphatic carbocycles. The van der Waals surface area contributed by atoms with Crippen molar-refractivity contribution in [1.82, 2.24) is 25.0 Å². The number of carbonyl (C=O) groups excluding carboxylic acids is 2. The van der Waals surface area contributed by atoms with Crippen molar-refractivity contribution in [1.29, 1.82) is 0 Å². The van der Waals surface area contributed by atoms with Crippen molar-refractivity contribution < 1.29 is 18.7 Å². The predicted octanol–water partition coefficient (Wildman–Crippen LogP) is 4.81. The number of hydrogen-bond donors (Lipinski definition) is 2. The fraction of sp³-hybridized carbons (Fsp3) is 0.414. The van der Waals surface area contributed by atoms with Crippen molar-refractivity contribution in [3.05, 3.63) is 71.1 Å². The number of rotatable bonds is 10. The number of carbonyl (C=O) groups is 2. The second-order valence-electron chi connectivity index (χ2n) is 10.1. The molecule has 214 valence electrons. The molecular weight excluding hydrogens is 535 g/mol. The summed E-state index contributed by atoms with van der Waals surface area (Å²) in [6.07, 6.45) is 2.51. The molecule has 1 aliphatic heterocycles. The van der Waals surface area contributed by atoms with Gasteiger partial charge < -0.3 is 24.8 Å². The standard InChI is InChI=1S/C29H36ClFN6O3/c1-35-13-15-37(16-14-35)12-6-10-24(36(2)28(38)33-19-23-9-5-11-25(31)27(23)30)20-40-29(39)34-26-17-21-7-3-4-8-22(21)18-32-26/h3-5,7-9,11,17-18,24H,6,10,12-16,19-20H2,1-2H3,(H,33,38)(H,32,34,39)/t24-/m0/s1. The number of hydrogen-bond acceptors (Lipinski definition) is 6. The molecule has 11 heteroatoms. The molecule has 1 aromatic heterocycles. The number of halogens is 2. The minimum absolute atomic E-state index is 0.00674. The summed E-state index contributed by atoms with van der Waals surface area (Å²) in [5.41, 5.74) is 0.480. The number of benzene rings is 2. The van der Waals surface area contributed by atoms with E-state index in [1.807, 2.05) is 24.3 Å². The van der Waals surface area contributed by atoms with Crippen LogP contribution in [0.3, 0.4) is 0 Å². The molecule has 1 fully saturated rings. The van der Waals surface area contributed by atoms with Crippen LogP contribution < -0.4 is 10.6 Å². The molecule has 0 bridgehead atoms. The Morgan fingerprint density at radius 2 is 1.88 bits per heavy atom. The zero-order valence-corrected chi connectivity index (χ0v) is 23.7. The van der Waals surface area contributed by atoms with Crippen LogP contribution in [0.25, 0.3) is 10.8 Å². The van der Waals surface area contributed by atoms with Gasteiger partial charge in [0, 0.05) is 51.4 Å². The topological polar surface area (TPSA) is 90.0 Å². The highest BCUT2D eigenvalue weighted by atomic mass is 35.5. The maximum Gasteiger partial charge on any atom is 0.412 e. The van der Waals surface area contributed by atoms with Gasteiger partial charge in [0.15, 0.2) is 0 Å². The molecule has 40 heavy (non-hydrogen) atoms. The van der Waals surface area contributed by atoms with Gasteiger partial charge in [-0.3, -0.25) is 5.32 Å². The van der Waals surface area contributed by atoms with E-state index in [0.29, 0.717) is 17.8 Å². The van der Waals surface area contributed by atoms with Gasteiger partial charge >= 0.3 is 12.1 Å². The van der Waals surface area contributed by atoms with Crippen LogP contribution in [-0.4, -0.2) is 91.3 Å². The summed E-state index contributed by atoms with van der Waals surface area (Å²) in [7, 11) is 3.78.